The largest absolute Gasteiger partial charge is 0.377 e. The summed E-state index contributed by atoms with van der Waals surface area (Å²) in [5, 5.41) is 0. The second kappa shape index (κ2) is 6.22. The normalized spacial score (nSPS) is 55.0. The lowest BCUT2D eigenvalue weighted by Crippen LogP contribution is -2.64. The van der Waals surface area contributed by atoms with Crippen LogP contribution in [-0.4, -0.2) is 12.7 Å². The molecule has 0 aromatic carbocycles. The zero-order valence-corrected chi connectivity index (χ0v) is 21.6. The molecule has 4 saturated carbocycles. The van der Waals surface area contributed by atoms with Gasteiger partial charge in [-0.15, -0.1) is 0 Å². The van der Waals surface area contributed by atoms with Gasteiger partial charge in [0, 0.05) is 0 Å². The number of fused-ring (bicyclic) bond motifs is 5. The summed E-state index contributed by atoms with van der Waals surface area (Å²) in [7, 11) is 0. The first-order valence-corrected chi connectivity index (χ1v) is 13.8. The van der Waals surface area contributed by atoms with Crippen LogP contribution in [0.3, 0.4) is 0 Å². The topological polar surface area (TPSA) is 9.23 Å². The van der Waals surface area contributed by atoms with E-state index in [2.05, 4.69) is 48.5 Å². The van der Waals surface area contributed by atoms with Crippen LogP contribution < -0.4 is 0 Å². The molecule has 0 N–H and O–H groups in total. The Balaban J connectivity index is 1.41. The maximum absolute atomic E-state index is 6.72. The Hall–Kier alpha value is -0.300. The predicted molar refractivity (Wildman–Crippen MR) is 129 cm³/mol. The van der Waals surface area contributed by atoms with Gasteiger partial charge in [0.2, 0.25) is 0 Å². The molecule has 0 aromatic rings. The summed E-state index contributed by atoms with van der Waals surface area (Å²) in [6, 6.07) is 0. The minimum Gasteiger partial charge on any atom is -0.377 e. The number of ether oxygens (including phenoxy) is 1. The van der Waals surface area contributed by atoms with Crippen molar-refractivity contribution < 1.29 is 4.74 Å². The molecule has 1 heterocycles. The monoisotopic (exact) mass is 424 g/mol. The Bertz CT molecular complexity index is 820. The molecule has 6 aliphatic rings. The summed E-state index contributed by atoms with van der Waals surface area (Å²) in [6.45, 7) is 19.2. The third kappa shape index (κ3) is 2.39. The van der Waals surface area contributed by atoms with Gasteiger partial charge in [-0.1, -0.05) is 59.6 Å². The fourth-order valence-electron chi connectivity index (χ4n) is 11.2. The molecule has 1 aliphatic heterocycles. The molecule has 0 aromatic heterocycles. The van der Waals surface area contributed by atoms with Crippen LogP contribution >= 0.6 is 0 Å². The van der Waals surface area contributed by atoms with E-state index in [-0.39, 0.29) is 0 Å². The van der Waals surface area contributed by atoms with Crippen molar-refractivity contribution in [1.82, 2.24) is 0 Å². The fraction of sp³-hybridized carbons (Fsp3) is 0.933. The number of rotatable bonds is 1. The van der Waals surface area contributed by atoms with Crippen LogP contribution in [-0.2, 0) is 4.74 Å². The molecule has 0 spiro atoms. The van der Waals surface area contributed by atoms with E-state index in [0.717, 1.165) is 30.3 Å². The van der Waals surface area contributed by atoms with E-state index in [9.17, 15) is 0 Å². The molecular weight excluding hydrogens is 376 g/mol. The average Bonchev–Trinajstić information content (AvgIpc) is 3.22. The minimum absolute atomic E-state index is 0.368. The third-order valence-corrected chi connectivity index (χ3v) is 13.2. The fourth-order valence-corrected chi connectivity index (χ4v) is 11.2. The first-order valence-electron chi connectivity index (χ1n) is 13.8. The highest BCUT2D eigenvalue weighted by molar-refractivity contribution is 5.35. The van der Waals surface area contributed by atoms with Crippen LogP contribution in [0.4, 0.5) is 0 Å². The van der Waals surface area contributed by atoms with Gasteiger partial charge in [0.1, 0.15) is 0 Å². The second-order valence-corrected chi connectivity index (χ2v) is 14.8. The van der Waals surface area contributed by atoms with E-state index in [1.54, 1.807) is 0 Å². The van der Waals surface area contributed by atoms with Crippen molar-refractivity contribution in [1.29, 1.82) is 0 Å². The van der Waals surface area contributed by atoms with E-state index in [1.165, 1.54) is 64.2 Å². The van der Waals surface area contributed by atoms with Crippen molar-refractivity contribution >= 4 is 0 Å². The van der Waals surface area contributed by atoms with Crippen LogP contribution in [0.5, 0.6) is 0 Å². The summed E-state index contributed by atoms with van der Waals surface area (Å²) >= 11 is 0. The maximum Gasteiger partial charge on any atom is 0.0663 e. The Morgan fingerprint density at radius 1 is 0.806 bits per heavy atom. The highest BCUT2D eigenvalue weighted by Gasteiger charge is 2.71. The smallest absolute Gasteiger partial charge is 0.0663 e. The molecule has 5 aliphatic carbocycles. The summed E-state index contributed by atoms with van der Waals surface area (Å²) in [5.41, 5.74) is 6.14. The minimum atomic E-state index is 0.368. The Morgan fingerprint density at radius 3 is 2.29 bits per heavy atom. The molecule has 174 valence electrons. The standard InChI is InChI=1S/C30H48O/c1-19(2)20-10-12-27(5)21(20)11-13-29(7)23(27)9-8-22-24-25-26(3,4)14-16-30(24,18-31-25)17-15-28(22,29)6/h19,22-25H,8-18H2,1-7H3/t22-,23-,24+,25-,27+,28-,29-,30-/m1/s1. The number of hydrogen-bond donors (Lipinski definition) is 0. The van der Waals surface area contributed by atoms with Gasteiger partial charge in [-0.25, -0.2) is 0 Å². The van der Waals surface area contributed by atoms with Crippen LogP contribution in [0.25, 0.3) is 0 Å². The summed E-state index contributed by atoms with van der Waals surface area (Å²) in [6.07, 6.45) is 14.8. The van der Waals surface area contributed by atoms with Crippen molar-refractivity contribution in [2.45, 2.75) is 119 Å². The van der Waals surface area contributed by atoms with Gasteiger partial charge in [0.25, 0.3) is 0 Å². The van der Waals surface area contributed by atoms with Crippen LogP contribution in [0.2, 0.25) is 0 Å². The van der Waals surface area contributed by atoms with E-state index in [1.807, 2.05) is 11.1 Å². The Labute approximate surface area is 192 Å². The molecule has 0 unspecified atom stereocenters. The molecule has 6 rings (SSSR count). The van der Waals surface area contributed by atoms with Crippen LogP contribution in [0.1, 0.15) is 113 Å². The Kier molecular flexibility index (Phi) is 4.27. The quantitative estimate of drug-likeness (QED) is 0.385. The lowest BCUT2D eigenvalue weighted by molar-refractivity contribution is -0.206. The molecule has 31 heavy (non-hydrogen) atoms. The summed E-state index contributed by atoms with van der Waals surface area (Å²) in [4.78, 5) is 0. The lowest BCUT2D eigenvalue weighted by atomic mass is 9.34. The third-order valence-electron chi connectivity index (χ3n) is 13.2. The second-order valence-electron chi connectivity index (χ2n) is 14.8. The predicted octanol–water partition coefficient (Wildman–Crippen LogP) is 8.19. The highest BCUT2D eigenvalue weighted by atomic mass is 16.5. The molecule has 8 atom stereocenters. The van der Waals surface area contributed by atoms with Gasteiger partial charge in [-0.3, -0.25) is 0 Å². The van der Waals surface area contributed by atoms with Gasteiger partial charge in [-0.2, -0.15) is 0 Å². The zero-order chi connectivity index (χ0) is 22.0. The first-order chi connectivity index (χ1) is 14.5. The van der Waals surface area contributed by atoms with Crippen LogP contribution in [0, 0.1) is 50.7 Å². The highest BCUT2D eigenvalue weighted by Crippen LogP contribution is 2.77. The van der Waals surface area contributed by atoms with Crippen molar-refractivity contribution in [2.75, 3.05) is 6.61 Å². The van der Waals surface area contributed by atoms with Crippen LogP contribution in [0.15, 0.2) is 11.1 Å². The van der Waals surface area contributed by atoms with Gasteiger partial charge in [-0.05, 0) is 115 Å². The van der Waals surface area contributed by atoms with Crippen molar-refractivity contribution in [3.05, 3.63) is 11.1 Å². The lowest BCUT2D eigenvalue weighted by Gasteiger charge is -2.70. The first kappa shape index (κ1) is 21.2. The van der Waals surface area contributed by atoms with E-state index < -0.39 is 0 Å². The molecule has 1 heteroatoms. The average molecular weight is 425 g/mol. The maximum atomic E-state index is 6.72. The number of hydrogen-bond acceptors (Lipinski definition) is 1. The molecule has 0 radical (unpaired) electrons. The van der Waals surface area contributed by atoms with Gasteiger partial charge in [0.05, 0.1) is 12.7 Å². The molecule has 2 bridgehead atoms. The Morgan fingerprint density at radius 2 is 1.55 bits per heavy atom. The van der Waals surface area contributed by atoms with Gasteiger partial charge < -0.3 is 4.74 Å². The van der Waals surface area contributed by atoms with Gasteiger partial charge in [0.15, 0.2) is 0 Å². The van der Waals surface area contributed by atoms with Gasteiger partial charge >= 0.3 is 0 Å². The molecular formula is C30H48O. The molecule has 0 amide bonds. The van der Waals surface area contributed by atoms with E-state index >= 15 is 0 Å². The van der Waals surface area contributed by atoms with Crippen molar-refractivity contribution in [3.8, 4) is 0 Å². The molecule has 5 fully saturated rings. The zero-order valence-electron chi connectivity index (χ0n) is 21.6. The number of allylic oxidation sites excluding steroid dienone is 2. The van der Waals surface area contributed by atoms with Crippen molar-refractivity contribution in [2.24, 2.45) is 50.7 Å². The molecule has 1 saturated heterocycles. The van der Waals surface area contributed by atoms with E-state index in [0.29, 0.717) is 33.2 Å². The van der Waals surface area contributed by atoms with Crippen molar-refractivity contribution in [3.63, 3.8) is 0 Å². The van der Waals surface area contributed by atoms with E-state index in [4.69, 9.17) is 4.74 Å². The SMILES string of the molecule is CC(C)C1=C2CC[C@]3(C)[C@H](CC[C@@H]4[C@H]5[C@H]6OC[C@@]5(CCC6(C)C)CC[C@]43C)[C@@]2(C)CC1. The molecule has 1 nitrogen and oxygen atoms in total. The summed E-state index contributed by atoms with van der Waals surface area (Å²) < 4.78 is 6.72. The summed E-state index contributed by atoms with van der Waals surface area (Å²) in [5.74, 6) is 3.35.